The molecule has 3 heterocycles. The first-order valence-electron chi connectivity index (χ1n) is 8.94. The molecule has 1 aromatic carbocycles. The quantitative estimate of drug-likeness (QED) is 0.845. The molecule has 6 nitrogen and oxygen atoms in total. The number of rotatable bonds is 3. The second-order valence-corrected chi connectivity index (χ2v) is 6.59. The Morgan fingerprint density at radius 1 is 1.16 bits per heavy atom. The predicted octanol–water partition coefficient (Wildman–Crippen LogP) is 1.82. The highest BCUT2D eigenvalue weighted by Gasteiger charge is 2.28. The highest BCUT2D eigenvalue weighted by molar-refractivity contribution is 6.03. The number of aliphatic imine (C=N–C) groups is 2. The number of fused-ring (bicyclic) bond motifs is 1. The summed E-state index contributed by atoms with van der Waals surface area (Å²) in [7, 11) is 0. The number of benzene rings is 1. The van der Waals surface area contributed by atoms with Gasteiger partial charge < -0.3 is 14.7 Å². The lowest BCUT2D eigenvalue weighted by molar-refractivity contribution is 0.0668. The molecular formula is C19H23N5O. The summed E-state index contributed by atoms with van der Waals surface area (Å²) in [5.74, 6) is 2.08. The summed E-state index contributed by atoms with van der Waals surface area (Å²) in [6.45, 7) is 6.12. The van der Waals surface area contributed by atoms with Crippen molar-refractivity contribution in [2.75, 3.05) is 32.7 Å². The van der Waals surface area contributed by atoms with E-state index in [1.165, 1.54) is 0 Å². The SMILES string of the molecule is CC[C@H]1CN2C=NC(N3CCN(C(=O)c4ccccc4)CC3)=CC2=N1. The van der Waals surface area contributed by atoms with E-state index in [2.05, 4.69) is 27.8 Å². The van der Waals surface area contributed by atoms with Crippen LogP contribution in [-0.2, 0) is 0 Å². The maximum absolute atomic E-state index is 12.5. The van der Waals surface area contributed by atoms with Gasteiger partial charge in [0.2, 0.25) is 0 Å². The summed E-state index contributed by atoms with van der Waals surface area (Å²) in [5.41, 5.74) is 0.757. The summed E-state index contributed by atoms with van der Waals surface area (Å²) >= 11 is 0. The van der Waals surface area contributed by atoms with Crippen molar-refractivity contribution in [1.29, 1.82) is 0 Å². The smallest absolute Gasteiger partial charge is 0.253 e. The maximum Gasteiger partial charge on any atom is 0.253 e. The van der Waals surface area contributed by atoms with Gasteiger partial charge in [-0.05, 0) is 18.6 Å². The molecule has 0 aromatic heterocycles. The van der Waals surface area contributed by atoms with Gasteiger partial charge in [0.1, 0.15) is 11.7 Å². The first-order valence-corrected chi connectivity index (χ1v) is 8.94. The van der Waals surface area contributed by atoms with Crippen molar-refractivity contribution in [3.63, 3.8) is 0 Å². The molecule has 1 atom stereocenters. The van der Waals surface area contributed by atoms with Gasteiger partial charge >= 0.3 is 0 Å². The third-order valence-corrected chi connectivity index (χ3v) is 4.99. The number of carbonyl (C=O) groups excluding carboxylic acids is 1. The molecule has 0 spiro atoms. The van der Waals surface area contributed by atoms with Crippen LogP contribution in [0.15, 0.2) is 52.2 Å². The van der Waals surface area contributed by atoms with Crippen molar-refractivity contribution in [2.45, 2.75) is 19.4 Å². The zero-order chi connectivity index (χ0) is 17.2. The molecule has 1 saturated heterocycles. The second kappa shape index (κ2) is 6.70. The zero-order valence-electron chi connectivity index (χ0n) is 14.5. The summed E-state index contributed by atoms with van der Waals surface area (Å²) in [4.78, 5) is 28.2. The third-order valence-electron chi connectivity index (χ3n) is 4.99. The van der Waals surface area contributed by atoms with E-state index in [9.17, 15) is 4.79 Å². The van der Waals surface area contributed by atoms with E-state index in [4.69, 9.17) is 4.99 Å². The molecule has 25 heavy (non-hydrogen) atoms. The van der Waals surface area contributed by atoms with Gasteiger partial charge in [-0.1, -0.05) is 25.1 Å². The number of nitrogens with zero attached hydrogens (tertiary/aromatic N) is 5. The third kappa shape index (κ3) is 3.16. The van der Waals surface area contributed by atoms with Crippen LogP contribution in [0.5, 0.6) is 0 Å². The van der Waals surface area contributed by atoms with Crippen molar-refractivity contribution in [1.82, 2.24) is 14.7 Å². The summed E-state index contributed by atoms with van der Waals surface area (Å²) in [6.07, 6.45) is 5.02. The van der Waals surface area contributed by atoms with Crippen molar-refractivity contribution in [3.8, 4) is 0 Å². The molecule has 6 heteroatoms. The minimum atomic E-state index is 0.110. The summed E-state index contributed by atoms with van der Waals surface area (Å²) < 4.78 is 0. The van der Waals surface area contributed by atoms with Crippen molar-refractivity contribution in [2.24, 2.45) is 9.98 Å². The molecule has 0 unspecified atom stereocenters. The van der Waals surface area contributed by atoms with Crippen molar-refractivity contribution in [3.05, 3.63) is 47.8 Å². The molecule has 1 aromatic rings. The van der Waals surface area contributed by atoms with E-state index in [1.807, 2.05) is 41.6 Å². The first-order chi connectivity index (χ1) is 12.2. The molecule has 3 aliphatic heterocycles. The molecule has 130 valence electrons. The van der Waals surface area contributed by atoms with E-state index < -0.39 is 0 Å². The molecule has 0 aliphatic carbocycles. The van der Waals surface area contributed by atoms with Crippen LogP contribution in [0.2, 0.25) is 0 Å². The first kappa shape index (κ1) is 15.9. The van der Waals surface area contributed by atoms with E-state index in [0.29, 0.717) is 19.1 Å². The molecule has 0 saturated carbocycles. The highest BCUT2D eigenvalue weighted by Crippen LogP contribution is 2.20. The molecule has 4 rings (SSSR count). The average Bonchev–Trinajstić information content (AvgIpc) is 3.10. The minimum Gasteiger partial charge on any atom is -0.353 e. The van der Waals surface area contributed by atoms with E-state index in [-0.39, 0.29) is 5.91 Å². The largest absolute Gasteiger partial charge is 0.353 e. The average molecular weight is 337 g/mol. The Morgan fingerprint density at radius 2 is 1.92 bits per heavy atom. The predicted molar refractivity (Wildman–Crippen MR) is 98.7 cm³/mol. The van der Waals surface area contributed by atoms with Crippen LogP contribution < -0.4 is 0 Å². The maximum atomic E-state index is 12.5. The zero-order valence-corrected chi connectivity index (χ0v) is 14.5. The normalized spacial score (nSPS) is 22.6. The van der Waals surface area contributed by atoms with Gasteiger partial charge in [0.05, 0.1) is 12.4 Å². The van der Waals surface area contributed by atoms with Gasteiger partial charge in [0.15, 0.2) is 0 Å². The highest BCUT2D eigenvalue weighted by atomic mass is 16.2. The lowest BCUT2D eigenvalue weighted by Gasteiger charge is -2.36. The molecule has 0 radical (unpaired) electrons. The molecular weight excluding hydrogens is 314 g/mol. The Balaban J connectivity index is 1.39. The van der Waals surface area contributed by atoms with Crippen LogP contribution in [0.3, 0.4) is 0 Å². The number of hydrogen-bond donors (Lipinski definition) is 0. The van der Waals surface area contributed by atoms with Crippen LogP contribution in [0.1, 0.15) is 23.7 Å². The van der Waals surface area contributed by atoms with Gasteiger partial charge in [-0.2, -0.15) is 0 Å². The molecule has 1 amide bonds. The number of amides is 1. The standard InChI is InChI=1S/C19H23N5O/c1-2-16-13-24-14-20-17(12-18(24)21-16)22-8-10-23(11-9-22)19(25)15-6-4-3-5-7-15/h3-7,12,14,16H,2,8-11,13H2,1H3/t16-/m0/s1. The lowest BCUT2D eigenvalue weighted by atomic mass is 10.2. The Morgan fingerprint density at radius 3 is 2.64 bits per heavy atom. The topological polar surface area (TPSA) is 51.5 Å². The Labute approximate surface area is 148 Å². The fourth-order valence-corrected chi connectivity index (χ4v) is 3.43. The summed E-state index contributed by atoms with van der Waals surface area (Å²) in [6, 6.07) is 9.86. The fourth-order valence-electron chi connectivity index (χ4n) is 3.43. The van der Waals surface area contributed by atoms with Gasteiger partial charge in [-0.25, -0.2) is 4.99 Å². The van der Waals surface area contributed by atoms with E-state index in [0.717, 1.165) is 43.3 Å². The Bertz CT molecular complexity index is 731. The van der Waals surface area contributed by atoms with E-state index in [1.54, 1.807) is 0 Å². The fraction of sp³-hybridized carbons (Fsp3) is 0.421. The number of amidine groups is 1. The van der Waals surface area contributed by atoms with E-state index >= 15 is 0 Å². The number of hydrogen-bond acceptors (Lipinski definition) is 5. The van der Waals surface area contributed by atoms with Crippen LogP contribution in [0.4, 0.5) is 0 Å². The van der Waals surface area contributed by atoms with Gasteiger partial charge in [-0.15, -0.1) is 0 Å². The van der Waals surface area contributed by atoms with Crippen molar-refractivity contribution >= 4 is 18.1 Å². The van der Waals surface area contributed by atoms with Crippen LogP contribution in [-0.4, -0.2) is 71.5 Å². The monoisotopic (exact) mass is 337 g/mol. The number of piperazine rings is 1. The molecule has 1 fully saturated rings. The Kier molecular flexibility index (Phi) is 4.26. The lowest BCUT2D eigenvalue weighted by Crippen LogP contribution is -2.48. The van der Waals surface area contributed by atoms with Gasteiger partial charge in [0.25, 0.3) is 5.91 Å². The van der Waals surface area contributed by atoms with Gasteiger partial charge in [0, 0.05) is 44.4 Å². The van der Waals surface area contributed by atoms with Gasteiger partial charge in [-0.3, -0.25) is 9.79 Å². The van der Waals surface area contributed by atoms with Crippen LogP contribution in [0, 0.1) is 0 Å². The minimum absolute atomic E-state index is 0.110. The molecule has 0 N–H and O–H groups in total. The van der Waals surface area contributed by atoms with Crippen molar-refractivity contribution < 1.29 is 4.79 Å². The molecule has 0 bridgehead atoms. The second-order valence-electron chi connectivity index (χ2n) is 6.59. The molecule has 3 aliphatic rings. The Hall–Kier alpha value is -2.63. The summed E-state index contributed by atoms with van der Waals surface area (Å²) in [5, 5.41) is 0. The number of carbonyl (C=O) groups is 1. The van der Waals surface area contributed by atoms with Crippen LogP contribution >= 0.6 is 0 Å². The van der Waals surface area contributed by atoms with Crippen LogP contribution in [0.25, 0.3) is 0 Å².